The number of nitrogens with zero attached hydrogens (tertiary/aromatic N) is 1. The first kappa shape index (κ1) is 12.7. The summed E-state index contributed by atoms with van der Waals surface area (Å²) in [5, 5.41) is 15.2. The highest BCUT2D eigenvalue weighted by molar-refractivity contribution is 5.85. The van der Waals surface area contributed by atoms with E-state index in [1.54, 1.807) is 0 Å². The normalized spacial score (nSPS) is 18.9. The van der Waals surface area contributed by atoms with Crippen molar-refractivity contribution in [2.24, 2.45) is 13.0 Å². The summed E-state index contributed by atoms with van der Waals surface area (Å²) in [6.45, 7) is 4.15. The maximum absolute atomic E-state index is 10.7. The number of aliphatic hydroxyl groups excluding tert-OH is 1. The average molecular weight is 258 g/mol. The van der Waals surface area contributed by atoms with Crippen LogP contribution < -0.4 is 5.32 Å². The van der Waals surface area contributed by atoms with Crippen LogP contribution in [0, 0.1) is 12.8 Å². The summed E-state index contributed by atoms with van der Waals surface area (Å²) >= 11 is 0. The van der Waals surface area contributed by atoms with Gasteiger partial charge in [0.2, 0.25) is 0 Å². The molecular formula is C16H22N2O. The molecule has 1 saturated heterocycles. The lowest BCUT2D eigenvalue weighted by molar-refractivity contribution is 0.0900. The molecule has 3 nitrogen and oxygen atoms in total. The van der Waals surface area contributed by atoms with Crippen LogP contribution >= 0.6 is 0 Å². The minimum atomic E-state index is -0.339. The van der Waals surface area contributed by atoms with Crippen molar-refractivity contribution in [3.63, 3.8) is 0 Å². The summed E-state index contributed by atoms with van der Waals surface area (Å²) in [5.74, 6) is 0.383. The summed E-state index contributed by atoms with van der Waals surface area (Å²) < 4.78 is 2.13. The van der Waals surface area contributed by atoms with Crippen molar-refractivity contribution in [2.75, 3.05) is 13.1 Å². The van der Waals surface area contributed by atoms with E-state index in [4.69, 9.17) is 0 Å². The van der Waals surface area contributed by atoms with Crippen molar-refractivity contribution in [2.45, 2.75) is 25.9 Å². The Labute approximate surface area is 114 Å². The second kappa shape index (κ2) is 4.99. The van der Waals surface area contributed by atoms with Gasteiger partial charge >= 0.3 is 0 Å². The predicted octanol–water partition coefficient (Wildman–Crippen LogP) is 2.52. The SMILES string of the molecule is Cc1ccc2c(C(O)C3CCNCC3)cn(C)c2c1. The van der Waals surface area contributed by atoms with Gasteiger partial charge in [-0.2, -0.15) is 0 Å². The number of nitrogens with one attached hydrogen (secondary N) is 1. The molecule has 1 fully saturated rings. The largest absolute Gasteiger partial charge is 0.388 e. The second-order valence-electron chi connectivity index (χ2n) is 5.75. The number of aliphatic hydroxyl groups is 1. The number of rotatable bonds is 2. The number of piperidine rings is 1. The fourth-order valence-corrected chi connectivity index (χ4v) is 3.17. The number of benzene rings is 1. The van der Waals surface area contributed by atoms with Gasteiger partial charge in [0.1, 0.15) is 0 Å². The molecule has 2 N–H and O–H groups in total. The summed E-state index contributed by atoms with van der Waals surface area (Å²) in [6.07, 6.45) is 3.87. The maximum atomic E-state index is 10.7. The standard InChI is InChI=1S/C16H22N2O/c1-11-3-4-13-14(10-18(2)15(13)9-11)16(19)12-5-7-17-8-6-12/h3-4,9-10,12,16-17,19H,5-8H2,1-2H3. The number of hydrogen-bond acceptors (Lipinski definition) is 2. The van der Waals surface area contributed by atoms with E-state index in [0.717, 1.165) is 31.5 Å². The molecule has 1 atom stereocenters. The zero-order valence-corrected chi connectivity index (χ0v) is 11.7. The van der Waals surface area contributed by atoms with Crippen LogP contribution in [0.1, 0.15) is 30.1 Å². The van der Waals surface area contributed by atoms with Crippen molar-refractivity contribution in [3.05, 3.63) is 35.5 Å². The van der Waals surface area contributed by atoms with Gasteiger partial charge in [-0.05, 0) is 50.4 Å². The molecule has 3 heteroatoms. The Kier molecular flexibility index (Phi) is 3.33. The molecule has 2 heterocycles. The lowest BCUT2D eigenvalue weighted by Crippen LogP contribution is -2.30. The van der Waals surface area contributed by atoms with Gasteiger partial charge in [0, 0.05) is 29.7 Å². The number of hydrogen-bond donors (Lipinski definition) is 2. The molecule has 1 unspecified atom stereocenters. The van der Waals surface area contributed by atoms with E-state index in [2.05, 4.69) is 48.3 Å². The molecule has 3 rings (SSSR count). The monoisotopic (exact) mass is 258 g/mol. The van der Waals surface area contributed by atoms with Crippen LogP contribution in [0.2, 0.25) is 0 Å². The number of fused-ring (bicyclic) bond motifs is 1. The molecule has 1 aliphatic heterocycles. The molecule has 0 spiro atoms. The van der Waals surface area contributed by atoms with Crippen LogP contribution in [0.3, 0.4) is 0 Å². The van der Waals surface area contributed by atoms with Crippen molar-refractivity contribution >= 4 is 10.9 Å². The first-order valence-corrected chi connectivity index (χ1v) is 7.11. The van der Waals surface area contributed by atoms with E-state index in [-0.39, 0.29) is 6.10 Å². The van der Waals surface area contributed by atoms with Gasteiger partial charge in [0.05, 0.1) is 6.10 Å². The van der Waals surface area contributed by atoms with Crippen LogP contribution in [-0.4, -0.2) is 22.8 Å². The zero-order valence-electron chi connectivity index (χ0n) is 11.7. The summed E-state index contributed by atoms with van der Waals surface area (Å²) in [6, 6.07) is 6.46. The Hall–Kier alpha value is -1.32. The van der Waals surface area contributed by atoms with Crippen LogP contribution in [0.25, 0.3) is 10.9 Å². The molecule has 1 aliphatic rings. The molecule has 1 aromatic heterocycles. The third-order valence-corrected chi connectivity index (χ3v) is 4.33. The third-order valence-electron chi connectivity index (χ3n) is 4.33. The van der Waals surface area contributed by atoms with Crippen LogP contribution in [-0.2, 0) is 7.05 Å². The molecule has 0 aliphatic carbocycles. The van der Waals surface area contributed by atoms with Gasteiger partial charge < -0.3 is 15.0 Å². The van der Waals surface area contributed by atoms with Gasteiger partial charge in [-0.1, -0.05) is 12.1 Å². The Balaban J connectivity index is 2.00. The summed E-state index contributed by atoms with van der Waals surface area (Å²) in [7, 11) is 2.06. The second-order valence-corrected chi connectivity index (χ2v) is 5.75. The van der Waals surface area contributed by atoms with E-state index < -0.39 is 0 Å². The minimum absolute atomic E-state index is 0.339. The Morgan fingerprint density at radius 1 is 1.32 bits per heavy atom. The van der Waals surface area contributed by atoms with Gasteiger partial charge in [0.15, 0.2) is 0 Å². The van der Waals surface area contributed by atoms with Crippen molar-refractivity contribution < 1.29 is 5.11 Å². The van der Waals surface area contributed by atoms with Gasteiger partial charge in [0.25, 0.3) is 0 Å². The molecule has 19 heavy (non-hydrogen) atoms. The molecule has 1 aromatic carbocycles. The molecule has 0 radical (unpaired) electrons. The van der Waals surface area contributed by atoms with E-state index in [1.165, 1.54) is 16.5 Å². The first-order chi connectivity index (χ1) is 9.16. The highest BCUT2D eigenvalue weighted by atomic mass is 16.3. The molecule has 2 aromatic rings. The van der Waals surface area contributed by atoms with Gasteiger partial charge in [-0.15, -0.1) is 0 Å². The number of aryl methyl sites for hydroxylation is 2. The van der Waals surface area contributed by atoms with Crippen molar-refractivity contribution in [1.29, 1.82) is 0 Å². The molecule has 0 amide bonds. The lowest BCUT2D eigenvalue weighted by atomic mass is 9.88. The maximum Gasteiger partial charge on any atom is 0.0839 e. The Bertz CT molecular complexity index is 582. The van der Waals surface area contributed by atoms with Crippen molar-refractivity contribution in [3.8, 4) is 0 Å². The third kappa shape index (κ3) is 2.28. The van der Waals surface area contributed by atoms with Crippen molar-refractivity contribution in [1.82, 2.24) is 9.88 Å². The predicted molar refractivity (Wildman–Crippen MR) is 78.2 cm³/mol. The summed E-state index contributed by atoms with van der Waals surface area (Å²) in [5.41, 5.74) is 3.56. The summed E-state index contributed by atoms with van der Waals surface area (Å²) in [4.78, 5) is 0. The van der Waals surface area contributed by atoms with E-state index in [0.29, 0.717) is 5.92 Å². The van der Waals surface area contributed by atoms with Gasteiger partial charge in [-0.3, -0.25) is 0 Å². The average Bonchev–Trinajstić information content (AvgIpc) is 2.76. The lowest BCUT2D eigenvalue weighted by Gasteiger charge is -2.27. The van der Waals surface area contributed by atoms with Crippen LogP contribution in [0.4, 0.5) is 0 Å². The Morgan fingerprint density at radius 2 is 2.05 bits per heavy atom. The number of aromatic nitrogens is 1. The topological polar surface area (TPSA) is 37.2 Å². The van der Waals surface area contributed by atoms with Crippen LogP contribution in [0.5, 0.6) is 0 Å². The quantitative estimate of drug-likeness (QED) is 0.868. The highest BCUT2D eigenvalue weighted by Gasteiger charge is 2.25. The smallest absolute Gasteiger partial charge is 0.0839 e. The highest BCUT2D eigenvalue weighted by Crippen LogP contribution is 2.34. The van der Waals surface area contributed by atoms with Gasteiger partial charge in [-0.25, -0.2) is 0 Å². The first-order valence-electron chi connectivity index (χ1n) is 7.11. The zero-order chi connectivity index (χ0) is 13.4. The minimum Gasteiger partial charge on any atom is -0.388 e. The van der Waals surface area contributed by atoms with E-state index in [1.807, 2.05) is 0 Å². The molecular weight excluding hydrogens is 236 g/mol. The fraction of sp³-hybridized carbons (Fsp3) is 0.500. The molecule has 0 saturated carbocycles. The van der Waals surface area contributed by atoms with E-state index >= 15 is 0 Å². The van der Waals surface area contributed by atoms with E-state index in [9.17, 15) is 5.11 Å². The molecule has 0 bridgehead atoms. The fourth-order valence-electron chi connectivity index (χ4n) is 3.17. The molecule has 102 valence electrons. The Morgan fingerprint density at radius 3 is 2.79 bits per heavy atom. The van der Waals surface area contributed by atoms with Crippen LogP contribution in [0.15, 0.2) is 24.4 Å².